The van der Waals surface area contributed by atoms with Crippen LogP contribution in [0.1, 0.15) is 11.1 Å². The minimum atomic E-state index is -0.942. The van der Waals surface area contributed by atoms with E-state index in [9.17, 15) is 14.4 Å². The largest absolute Gasteiger partial charge is 0.480 e. The predicted molar refractivity (Wildman–Crippen MR) is 128 cm³/mol. The van der Waals surface area contributed by atoms with Crippen LogP contribution in [0.25, 0.3) is 0 Å². The van der Waals surface area contributed by atoms with E-state index in [0.29, 0.717) is 5.69 Å². The Morgan fingerprint density at radius 3 is 2.61 bits per heavy atom. The van der Waals surface area contributed by atoms with Crippen LogP contribution < -0.4 is 16.0 Å². The van der Waals surface area contributed by atoms with Gasteiger partial charge in [-0.15, -0.1) is 0 Å². The monoisotopic (exact) mass is 446 g/mol. The van der Waals surface area contributed by atoms with E-state index in [2.05, 4.69) is 16.0 Å². The van der Waals surface area contributed by atoms with Crippen molar-refractivity contribution < 1.29 is 19.5 Å². The second-order valence-corrected chi connectivity index (χ2v) is 7.52. The van der Waals surface area contributed by atoms with Gasteiger partial charge in [0.1, 0.15) is 6.54 Å². The molecule has 8 heteroatoms. The number of amides is 3. The van der Waals surface area contributed by atoms with Crippen LogP contribution in [0.4, 0.5) is 16.2 Å². The van der Waals surface area contributed by atoms with Gasteiger partial charge in [-0.3, -0.25) is 9.59 Å². The standard InChI is InChI=1S/C25H26N4O4/c1-18-7-2-3-11-22(18)28-25(33)27-21-10-6-9-19(13-21)14-23(30)26-15-20-8-4-5-12-29(16-20)17-24(31)32/h2-13,16H,14-15,17H2,1H3,(H,26,30)(H,31,32)(H2,27,28,33). The molecule has 0 aromatic heterocycles. The maximum Gasteiger partial charge on any atom is 0.323 e. The summed E-state index contributed by atoms with van der Waals surface area (Å²) in [4.78, 5) is 37.2. The fourth-order valence-electron chi connectivity index (χ4n) is 3.20. The minimum Gasteiger partial charge on any atom is -0.480 e. The predicted octanol–water partition coefficient (Wildman–Crippen LogP) is 3.65. The fraction of sp³-hybridized carbons (Fsp3) is 0.160. The van der Waals surface area contributed by atoms with Crippen molar-refractivity contribution in [3.63, 3.8) is 0 Å². The zero-order valence-corrected chi connectivity index (χ0v) is 18.2. The number of anilines is 2. The molecule has 0 saturated carbocycles. The average molecular weight is 447 g/mol. The van der Waals surface area contributed by atoms with E-state index in [1.54, 1.807) is 47.7 Å². The molecule has 3 rings (SSSR count). The normalized spacial score (nSPS) is 12.5. The summed E-state index contributed by atoms with van der Waals surface area (Å²) < 4.78 is 0. The Hall–Kier alpha value is -4.33. The SMILES string of the molecule is Cc1ccccc1NC(=O)Nc1cccc(CC(=O)NCC2=CN(CC(=O)O)C=CC=C2)c1. The van der Waals surface area contributed by atoms with E-state index < -0.39 is 5.97 Å². The second kappa shape index (κ2) is 11.3. The van der Waals surface area contributed by atoms with Gasteiger partial charge in [-0.05, 0) is 47.9 Å². The number of nitrogens with one attached hydrogen (secondary N) is 3. The zero-order valence-electron chi connectivity index (χ0n) is 18.2. The number of aliphatic carboxylic acids is 1. The second-order valence-electron chi connectivity index (χ2n) is 7.52. The van der Waals surface area contributed by atoms with Crippen LogP contribution in [0.2, 0.25) is 0 Å². The number of carbonyl (C=O) groups excluding carboxylic acids is 2. The molecule has 0 saturated heterocycles. The summed E-state index contributed by atoms with van der Waals surface area (Å²) in [6.45, 7) is 2.02. The highest BCUT2D eigenvalue weighted by Gasteiger charge is 2.09. The van der Waals surface area contributed by atoms with Gasteiger partial charge in [0, 0.05) is 30.3 Å². The van der Waals surface area contributed by atoms with E-state index in [1.807, 2.05) is 43.3 Å². The van der Waals surface area contributed by atoms with E-state index in [4.69, 9.17) is 5.11 Å². The van der Waals surface area contributed by atoms with Gasteiger partial charge in [-0.2, -0.15) is 0 Å². The summed E-state index contributed by atoms with van der Waals surface area (Å²) in [5, 5.41) is 17.4. The number of urea groups is 1. The molecule has 0 spiro atoms. The molecule has 1 aliphatic rings. The lowest BCUT2D eigenvalue weighted by Crippen LogP contribution is -2.28. The molecule has 0 atom stereocenters. The highest BCUT2D eigenvalue weighted by molar-refractivity contribution is 6.00. The summed E-state index contributed by atoms with van der Waals surface area (Å²) in [7, 11) is 0. The molecule has 8 nitrogen and oxygen atoms in total. The molecule has 170 valence electrons. The first-order valence-corrected chi connectivity index (χ1v) is 10.4. The maximum atomic E-state index is 12.4. The third-order valence-corrected chi connectivity index (χ3v) is 4.78. The lowest BCUT2D eigenvalue weighted by molar-refractivity contribution is -0.137. The number of para-hydroxylation sites is 1. The first kappa shape index (κ1) is 23.3. The van der Waals surface area contributed by atoms with Crippen LogP contribution in [0.15, 0.2) is 84.7 Å². The van der Waals surface area contributed by atoms with Crippen molar-refractivity contribution in [3.8, 4) is 0 Å². The van der Waals surface area contributed by atoms with Crippen molar-refractivity contribution in [2.24, 2.45) is 0 Å². The van der Waals surface area contributed by atoms with Crippen molar-refractivity contribution in [1.29, 1.82) is 0 Å². The van der Waals surface area contributed by atoms with Gasteiger partial charge in [0.2, 0.25) is 5.91 Å². The van der Waals surface area contributed by atoms with Gasteiger partial charge >= 0.3 is 12.0 Å². The number of carbonyl (C=O) groups is 3. The Bertz CT molecular complexity index is 1120. The number of nitrogens with zero attached hydrogens (tertiary/aromatic N) is 1. The topological polar surface area (TPSA) is 111 Å². The van der Waals surface area contributed by atoms with Crippen LogP contribution in [-0.4, -0.2) is 41.0 Å². The summed E-state index contributed by atoms with van der Waals surface area (Å²) in [6.07, 6.45) is 8.83. The Balaban J connectivity index is 1.53. The summed E-state index contributed by atoms with van der Waals surface area (Å²) in [5.74, 6) is -1.13. The molecule has 0 bridgehead atoms. The molecule has 3 amide bonds. The Kier molecular flexibility index (Phi) is 8.02. The van der Waals surface area contributed by atoms with Crippen LogP contribution in [0, 0.1) is 6.92 Å². The molecule has 1 heterocycles. The van der Waals surface area contributed by atoms with Gasteiger partial charge in [0.15, 0.2) is 0 Å². The van der Waals surface area contributed by atoms with Crippen LogP contribution >= 0.6 is 0 Å². The molecule has 2 aromatic rings. The highest BCUT2D eigenvalue weighted by Crippen LogP contribution is 2.15. The number of benzene rings is 2. The first-order chi connectivity index (χ1) is 15.9. The van der Waals surface area contributed by atoms with Gasteiger partial charge in [0.25, 0.3) is 0 Å². The lowest BCUT2D eigenvalue weighted by Gasteiger charge is -2.14. The molecule has 0 unspecified atom stereocenters. The van der Waals surface area contributed by atoms with Crippen molar-refractivity contribution in [1.82, 2.24) is 10.2 Å². The number of allylic oxidation sites excluding steroid dienone is 2. The smallest absolute Gasteiger partial charge is 0.323 e. The molecule has 0 fully saturated rings. The van der Waals surface area contributed by atoms with Crippen LogP contribution in [0.3, 0.4) is 0 Å². The first-order valence-electron chi connectivity index (χ1n) is 10.4. The minimum absolute atomic E-state index is 0.142. The zero-order chi connectivity index (χ0) is 23.6. The maximum absolute atomic E-state index is 12.4. The van der Waals surface area contributed by atoms with E-state index in [1.165, 1.54) is 0 Å². The summed E-state index contributed by atoms with van der Waals surface area (Å²) in [5.41, 5.74) is 3.79. The highest BCUT2D eigenvalue weighted by atomic mass is 16.4. The quantitative estimate of drug-likeness (QED) is 0.495. The number of rotatable bonds is 8. The van der Waals surface area contributed by atoms with Crippen molar-refractivity contribution in [3.05, 3.63) is 95.9 Å². The van der Waals surface area contributed by atoms with E-state index >= 15 is 0 Å². The average Bonchev–Trinajstić information content (AvgIpc) is 2.98. The van der Waals surface area contributed by atoms with Gasteiger partial charge in [-0.1, -0.05) is 42.5 Å². The molecular weight excluding hydrogens is 420 g/mol. The Morgan fingerprint density at radius 2 is 1.82 bits per heavy atom. The number of carboxylic acid groups (broad SMARTS) is 1. The van der Waals surface area contributed by atoms with Crippen LogP contribution in [0.5, 0.6) is 0 Å². The summed E-state index contributed by atoms with van der Waals surface area (Å²) >= 11 is 0. The van der Waals surface area contributed by atoms with Gasteiger partial charge in [0.05, 0.1) is 6.42 Å². The molecule has 0 radical (unpaired) electrons. The van der Waals surface area contributed by atoms with Crippen LogP contribution in [-0.2, 0) is 16.0 Å². The Morgan fingerprint density at radius 1 is 1.00 bits per heavy atom. The third kappa shape index (κ3) is 7.70. The van der Waals surface area contributed by atoms with Gasteiger partial charge in [-0.25, -0.2) is 4.79 Å². The van der Waals surface area contributed by atoms with Crippen molar-refractivity contribution in [2.45, 2.75) is 13.3 Å². The molecule has 4 N–H and O–H groups in total. The lowest BCUT2D eigenvalue weighted by atomic mass is 10.1. The molecule has 1 aliphatic heterocycles. The molecular formula is C25H26N4O4. The van der Waals surface area contributed by atoms with Gasteiger partial charge < -0.3 is 26.0 Å². The van der Waals surface area contributed by atoms with E-state index in [-0.39, 0.29) is 31.4 Å². The number of hydrogen-bond acceptors (Lipinski definition) is 4. The number of carboxylic acids is 1. The summed E-state index contributed by atoms with van der Waals surface area (Å²) in [6, 6.07) is 14.2. The number of hydrogen-bond donors (Lipinski definition) is 4. The van der Waals surface area contributed by atoms with Crippen molar-refractivity contribution >= 4 is 29.3 Å². The molecule has 0 aliphatic carbocycles. The fourth-order valence-corrected chi connectivity index (χ4v) is 3.20. The third-order valence-electron chi connectivity index (χ3n) is 4.78. The van der Waals surface area contributed by atoms with E-state index in [0.717, 1.165) is 22.4 Å². The van der Waals surface area contributed by atoms with Crippen molar-refractivity contribution in [2.75, 3.05) is 23.7 Å². The molecule has 2 aromatic carbocycles. The molecule has 33 heavy (non-hydrogen) atoms. The Labute approximate surface area is 192 Å². The number of aryl methyl sites for hydroxylation is 1.